The number of ether oxygens (including phenoxy) is 3. The Bertz CT molecular complexity index is 1250. The number of carbonyl (C=O) groups excluding carboxylic acids is 2. The van der Waals surface area contributed by atoms with Crippen LogP contribution >= 0.6 is 0 Å². The molecule has 5 nitrogen and oxygen atoms in total. The van der Waals surface area contributed by atoms with Crippen LogP contribution in [-0.4, -0.2) is 25.2 Å². The second-order valence-electron chi connectivity index (χ2n) is 12.6. The van der Waals surface area contributed by atoms with E-state index in [2.05, 4.69) is 13.8 Å². The zero-order chi connectivity index (χ0) is 32.8. The average Bonchev–Trinajstić information content (AvgIpc) is 3.09. The summed E-state index contributed by atoms with van der Waals surface area (Å²) < 4.78 is 16.8. The van der Waals surface area contributed by atoms with Crippen LogP contribution in [0.2, 0.25) is 0 Å². The Balaban J connectivity index is 1.29. The first kappa shape index (κ1) is 36.9. The lowest BCUT2D eigenvalue weighted by atomic mass is 10.0. The van der Waals surface area contributed by atoms with Crippen molar-refractivity contribution in [1.29, 1.82) is 0 Å². The summed E-state index contributed by atoms with van der Waals surface area (Å²) in [5, 5.41) is 0. The zero-order valence-corrected chi connectivity index (χ0v) is 28.6. The molecule has 0 amide bonds. The smallest absolute Gasteiger partial charge is 0.343 e. The van der Waals surface area contributed by atoms with Gasteiger partial charge in [0.2, 0.25) is 0 Å². The van der Waals surface area contributed by atoms with E-state index in [0.717, 1.165) is 36.3 Å². The standard InChI is InChI=1S/C41H56O5/c1-4-6-7-8-9-10-11-12-13-14-15-16-17-18-31-44-38-27-23-35(24-28-38)34-19-21-37(22-20-34)41(43)46-39-29-25-36(26-30-39)40(42)45-32-33(3)5-2/h19-30,33H,4-18,31-32H2,1-3H3. The lowest BCUT2D eigenvalue weighted by Crippen LogP contribution is -2.12. The van der Waals surface area contributed by atoms with Crippen LogP contribution in [0.4, 0.5) is 0 Å². The maximum Gasteiger partial charge on any atom is 0.343 e. The molecular formula is C41H56O5. The van der Waals surface area contributed by atoms with Gasteiger partial charge in [-0.05, 0) is 72.0 Å². The van der Waals surface area contributed by atoms with Gasteiger partial charge in [0.25, 0.3) is 0 Å². The molecule has 46 heavy (non-hydrogen) atoms. The largest absolute Gasteiger partial charge is 0.494 e. The second kappa shape index (κ2) is 22.0. The van der Waals surface area contributed by atoms with Crippen molar-refractivity contribution in [3.63, 3.8) is 0 Å². The minimum Gasteiger partial charge on any atom is -0.494 e. The van der Waals surface area contributed by atoms with Crippen molar-refractivity contribution in [3.05, 3.63) is 83.9 Å². The molecule has 0 fully saturated rings. The SMILES string of the molecule is CCCCCCCCCCCCCCCCOc1ccc(-c2ccc(C(=O)Oc3ccc(C(=O)OCC(C)CC)cc3)cc2)cc1. The molecule has 0 saturated heterocycles. The molecule has 250 valence electrons. The monoisotopic (exact) mass is 628 g/mol. The van der Waals surface area contributed by atoms with Crippen molar-refractivity contribution >= 4 is 11.9 Å². The third-order valence-corrected chi connectivity index (χ3v) is 8.57. The van der Waals surface area contributed by atoms with E-state index < -0.39 is 5.97 Å². The fourth-order valence-electron chi connectivity index (χ4n) is 5.27. The van der Waals surface area contributed by atoms with E-state index in [1.165, 1.54) is 83.5 Å². The number of hydrogen-bond donors (Lipinski definition) is 0. The van der Waals surface area contributed by atoms with E-state index in [-0.39, 0.29) is 5.97 Å². The predicted molar refractivity (Wildman–Crippen MR) is 189 cm³/mol. The van der Waals surface area contributed by atoms with E-state index in [0.29, 0.717) is 29.4 Å². The maximum atomic E-state index is 12.7. The van der Waals surface area contributed by atoms with Gasteiger partial charge in [0.15, 0.2) is 0 Å². The Morgan fingerprint density at radius 3 is 1.50 bits per heavy atom. The van der Waals surface area contributed by atoms with Crippen LogP contribution in [0.3, 0.4) is 0 Å². The molecule has 0 heterocycles. The molecule has 0 aliphatic rings. The topological polar surface area (TPSA) is 61.8 Å². The van der Waals surface area contributed by atoms with Crippen LogP contribution in [0.15, 0.2) is 72.8 Å². The highest BCUT2D eigenvalue weighted by molar-refractivity contribution is 5.92. The van der Waals surface area contributed by atoms with Crippen molar-refractivity contribution in [2.45, 2.75) is 117 Å². The summed E-state index contributed by atoms with van der Waals surface area (Å²) in [4.78, 5) is 24.9. The number of unbranched alkanes of at least 4 members (excludes halogenated alkanes) is 13. The third kappa shape index (κ3) is 14.2. The summed E-state index contributed by atoms with van der Waals surface area (Å²) in [5.74, 6) is 0.743. The Morgan fingerprint density at radius 2 is 0.978 bits per heavy atom. The maximum absolute atomic E-state index is 12.7. The number of hydrogen-bond acceptors (Lipinski definition) is 5. The second-order valence-corrected chi connectivity index (χ2v) is 12.6. The third-order valence-electron chi connectivity index (χ3n) is 8.57. The quantitative estimate of drug-likeness (QED) is 0.0594. The molecule has 0 aromatic heterocycles. The highest BCUT2D eigenvalue weighted by atomic mass is 16.5. The van der Waals surface area contributed by atoms with Crippen LogP contribution < -0.4 is 9.47 Å². The van der Waals surface area contributed by atoms with Crippen molar-refractivity contribution < 1.29 is 23.8 Å². The van der Waals surface area contributed by atoms with Crippen LogP contribution in [0.5, 0.6) is 11.5 Å². The molecular weight excluding hydrogens is 572 g/mol. The summed E-state index contributed by atoms with van der Waals surface area (Å²) in [7, 11) is 0. The van der Waals surface area contributed by atoms with Crippen LogP contribution in [0, 0.1) is 5.92 Å². The van der Waals surface area contributed by atoms with Crippen LogP contribution in [0.25, 0.3) is 11.1 Å². The fraction of sp³-hybridized carbons (Fsp3) is 0.512. The van der Waals surface area contributed by atoms with E-state index >= 15 is 0 Å². The van der Waals surface area contributed by atoms with Gasteiger partial charge in [0.1, 0.15) is 11.5 Å². The van der Waals surface area contributed by atoms with Gasteiger partial charge in [-0.3, -0.25) is 0 Å². The van der Waals surface area contributed by atoms with Crippen LogP contribution in [-0.2, 0) is 4.74 Å². The number of benzene rings is 3. The molecule has 0 N–H and O–H groups in total. The predicted octanol–water partition coefficient (Wildman–Crippen LogP) is 11.6. The molecule has 1 atom stereocenters. The normalized spacial score (nSPS) is 11.6. The van der Waals surface area contributed by atoms with Gasteiger partial charge in [0.05, 0.1) is 24.3 Å². The number of esters is 2. The van der Waals surface area contributed by atoms with Gasteiger partial charge >= 0.3 is 11.9 Å². The molecule has 0 radical (unpaired) electrons. The Hall–Kier alpha value is -3.60. The number of carbonyl (C=O) groups is 2. The first-order valence-electron chi connectivity index (χ1n) is 17.8. The fourth-order valence-corrected chi connectivity index (χ4v) is 5.27. The first-order chi connectivity index (χ1) is 22.5. The van der Waals surface area contributed by atoms with E-state index in [1.54, 1.807) is 36.4 Å². The summed E-state index contributed by atoms with van der Waals surface area (Å²) in [6.45, 7) is 7.51. The van der Waals surface area contributed by atoms with Crippen LogP contribution in [0.1, 0.15) is 138 Å². The van der Waals surface area contributed by atoms with Crippen molar-refractivity contribution in [2.75, 3.05) is 13.2 Å². The van der Waals surface area contributed by atoms with Crippen molar-refractivity contribution in [2.24, 2.45) is 5.92 Å². The molecule has 3 aromatic rings. The van der Waals surface area contributed by atoms with Crippen molar-refractivity contribution in [1.82, 2.24) is 0 Å². The lowest BCUT2D eigenvalue weighted by molar-refractivity contribution is 0.0447. The molecule has 0 aliphatic heterocycles. The molecule has 3 aromatic carbocycles. The van der Waals surface area contributed by atoms with Gasteiger partial charge in [-0.15, -0.1) is 0 Å². The highest BCUT2D eigenvalue weighted by Crippen LogP contribution is 2.24. The minimum absolute atomic E-state index is 0.317. The molecule has 1 unspecified atom stereocenters. The molecule has 0 saturated carbocycles. The van der Waals surface area contributed by atoms with Gasteiger partial charge in [0, 0.05) is 0 Å². The van der Waals surface area contributed by atoms with Gasteiger partial charge in [-0.1, -0.05) is 135 Å². The summed E-state index contributed by atoms with van der Waals surface area (Å²) >= 11 is 0. The Labute approximate surface area is 278 Å². The molecule has 0 bridgehead atoms. The Kier molecular flexibility index (Phi) is 17.6. The molecule has 5 heteroatoms. The summed E-state index contributed by atoms with van der Waals surface area (Å²) in [6, 6.07) is 21.9. The minimum atomic E-state index is -0.453. The van der Waals surface area contributed by atoms with E-state index in [9.17, 15) is 9.59 Å². The van der Waals surface area contributed by atoms with Gasteiger partial charge < -0.3 is 14.2 Å². The molecule has 3 rings (SSSR count). The lowest BCUT2D eigenvalue weighted by Gasteiger charge is -2.10. The average molecular weight is 629 g/mol. The zero-order valence-electron chi connectivity index (χ0n) is 28.6. The highest BCUT2D eigenvalue weighted by Gasteiger charge is 2.12. The molecule has 0 spiro atoms. The van der Waals surface area contributed by atoms with E-state index in [1.807, 2.05) is 43.3 Å². The van der Waals surface area contributed by atoms with Gasteiger partial charge in [-0.25, -0.2) is 9.59 Å². The molecule has 0 aliphatic carbocycles. The Morgan fingerprint density at radius 1 is 0.543 bits per heavy atom. The first-order valence-corrected chi connectivity index (χ1v) is 17.8. The van der Waals surface area contributed by atoms with Gasteiger partial charge in [-0.2, -0.15) is 0 Å². The summed E-state index contributed by atoms with van der Waals surface area (Å²) in [5.41, 5.74) is 2.95. The summed E-state index contributed by atoms with van der Waals surface area (Å²) in [6.07, 6.45) is 19.9. The van der Waals surface area contributed by atoms with E-state index in [4.69, 9.17) is 14.2 Å². The number of rotatable bonds is 23. The van der Waals surface area contributed by atoms with Crippen molar-refractivity contribution in [3.8, 4) is 22.6 Å².